The monoisotopic (exact) mass is 389 g/mol. The molecule has 3 nitrogen and oxygen atoms in total. The molecule has 0 radical (unpaired) electrons. The summed E-state index contributed by atoms with van der Waals surface area (Å²) >= 11 is 11.9. The van der Waals surface area contributed by atoms with Crippen LogP contribution < -0.4 is 5.32 Å². The topological polar surface area (TPSA) is 29.9 Å². The van der Waals surface area contributed by atoms with E-state index >= 15 is 0 Å². The van der Waals surface area contributed by atoms with Gasteiger partial charge in [-0.1, -0.05) is 18.5 Å². The van der Waals surface area contributed by atoms with Gasteiger partial charge in [0.2, 0.25) is 0 Å². The van der Waals surface area contributed by atoms with Crippen molar-refractivity contribution in [3.05, 3.63) is 36.7 Å². The average molecular weight is 391 g/mol. The van der Waals surface area contributed by atoms with Crippen molar-refractivity contribution >= 4 is 38.9 Å². The number of aromatic nitrogens is 2. The highest BCUT2D eigenvalue weighted by molar-refractivity contribution is 9.11. The summed E-state index contributed by atoms with van der Waals surface area (Å²) in [5.41, 5.74) is 3.39. The summed E-state index contributed by atoms with van der Waals surface area (Å²) in [6, 6.07) is 2.49. The van der Waals surface area contributed by atoms with E-state index in [1.54, 1.807) is 11.3 Å². The Balaban J connectivity index is 2.32. The molecule has 2 aromatic rings. The molecule has 2 rings (SSSR count). The molecule has 0 saturated carbocycles. The molecule has 0 aliphatic rings. The standard InChI is InChI=1S/C15H21BrClN3S/c1-5-10-14(17)12(20(6-2)19-10)8-11(18-4)13-7-9(3)15(16)21-13/h7,11,18H,5-6,8H2,1-4H3. The molecule has 2 aromatic heterocycles. The minimum atomic E-state index is 0.254. The third kappa shape index (κ3) is 3.52. The van der Waals surface area contributed by atoms with Crippen LogP contribution in [0.1, 0.15) is 41.7 Å². The van der Waals surface area contributed by atoms with Gasteiger partial charge < -0.3 is 5.32 Å². The largest absolute Gasteiger partial charge is 0.312 e. The van der Waals surface area contributed by atoms with Crippen molar-refractivity contribution in [1.82, 2.24) is 15.1 Å². The molecular formula is C15H21BrClN3S. The summed E-state index contributed by atoms with van der Waals surface area (Å²) in [6.45, 7) is 7.16. The zero-order chi connectivity index (χ0) is 15.6. The lowest BCUT2D eigenvalue weighted by Crippen LogP contribution is -2.19. The van der Waals surface area contributed by atoms with Gasteiger partial charge in [-0.2, -0.15) is 5.10 Å². The first kappa shape index (κ1) is 17.0. The molecule has 0 spiro atoms. The predicted octanol–water partition coefficient (Wildman–Crippen LogP) is 4.75. The van der Waals surface area contributed by atoms with Crippen LogP contribution in [0.2, 0.25) is 5.02 Å². The number of nitrogens with one attached hydrogen (secondary N) is 1. The van der Waals surface area contributed by atoms with Gasteiger partial charge in [0.1, 0.15) is 0 Å². The summed E-state index contributed by atoms with van der Waals surface area (Å²) in [7, 11) is 1.99. The van der Waals surface area contributed by atoms with E-state index in [1.165, 1.54) is 14.2 Å². The maximum absolute atomic E-state index is 6.52. The maximum atomic E-state index is 6.52. The fourth-order valence-corrected chi connectivity index (χ4v) is 4.43. The molecule has 0 saturated heterocycles. The number of hydrogen-bond acceptors (Lipinski definition) is 3. The van der Waals surface area contributed by atoms with E-state index < -0.39 is 0 Å². The Morgan fingerprint density at radius 2 is 2.19 bits per heavy atom. The van der Waals surface area contributed by atoms with Gasteiger partial charge in [0, 0.05) is 23.9 Å². The lowest BCUT2D eigenvalue weighted by Gasteiger charge is -2.15. The average Bonchev–Trinajstić information content (AvgIpc) is 2.96. The lowest BCUT2D eigenvalue weighted by molar-refractivity contribution is 0.546. The van der Waals surface area contributed by atoms with Crippen LogP contribution >= 0.6 is 38.9 Å². The number of aryl methyl sites for hydroxylation is 3. The molecule has 0 aliphatic carbocycles. The van der Waals surface area contributed by atoms with Crippen molar-refractivity contribution in [1.29, 1.82) is 0 Å². The summed E-state index contributed by atoms with van der Waals surface area (Å²) < 4.78 is 3.23. The fourth-order valence-electron chi connectivity index (χ4n) is 2.41. The van der Waals surface area contributed by atoms with Crippen LogP contribution in [0, 0.1) is 6.92 Å². The molecule has 0 aromatic carbocycles. The number of thiophene rings is 1. The molecule has 0 bridgehead atoms. The smallest absolute Gasteiger partial charge is 0.0850 e. The van der Waals surface area contributed by atoms with Crippen molar-refractivity contribution in [3.63, 3.8) is 0 Å². The van der Waals surface area contributed by atoms with E-state index in [0.717, 1.165) is 35.8 Å². The van der Waals surface area contributed by atoms with Gasteiger partial charge in [-0.3, -0.25) is 4.68 Å². The third-order valence-electron chi connectivity index (χ3n) is 3.66. The summed E-state index contributed by atoms with van der Waals surface area (Å²) in [5.74, 6) is 0. The number of likely N-dealkylation sites (N-methyl/N-ethyl adjacent to an activating group) is 1. The summed E-state index contributed by atoms with van der Waals surface area (Å²) in [4.78, 5) is 1.32. The Hall–Kier alpha value is -0.360. The lowest BCUT2D eigenvalue weighted by atomic mass is 10.1. The Morgan fingerprint density at radius 3 is 2.67 bits per heavy atom. The van der Waals surface area contributed by atoms with E-state index in [0.29, 0.717) is 0 Å². The van der Waals surface area contributed by atoms with Gasteiger partial charge >= 0.3 is 0 Å². The molecule has 116 valence electrons. The van der Waals surface area contributed by atoms with Crippen molar-refractivity contribution in [2.75, 3.05) is 7.05 Å². The minimum Gasteiger partial charge on any atom is -0.312 e. The Morgan fingerprint density at radius 1 is 1.48 bits per heavy atom. The van der Waals surface area contributed by atoms with E-state index in [1.807, 2.05) is 11.7 Å². The van der Waals surface area contributed by atoms with E-state index in [2.05, 4.69) is 53.2 Å². The van der Waals surface area contributed by atoms with Crippen molar-refractivity contribution in [3.8, 4) is 0 Å². The second-order valence-electron chi connectivity index (χ2n) is 5.03. The van der Waals surface area contributed by atoms with Crippen LogP contribution in [0.3, 0.4) is 0 Å². The molecule has 6 heteroatoms. The zero-order valence-electron chi connectivity index (χ0n) is 12.8. The molecule has 0 aliphatic heterocycles. The predicted molar refractivity (Wildman–Crippen MR) is 94.5 cm³/mol. The molecular weight excluding hydrogens is 370 g/mol. The molecule has 21 heavy (non-hydrogen) atoms. The van der Waals surface area contributed by atoms with Crippen LogP contribution in [0.25, 0.3) is 0 Å². The quantitative estimate of drug-likeness (QED) is 0.771. The maximum Gasteiger partial charge on any atom is 0.0850 e. The van der Waals surface area contributed by atoms with Crippen LogP contribution in [0.15, 0.2) is 9.85 Å². The molecule has 1 N–H and O–H groups in total. The normalized spacial score (nSPS) is 12.9. The molecule has 2 heterocycles. The minimum absolute atomic E-state index is 0.254. The van der Waals surface area contributed by atoms with E-state index in [4.69, 9.17) is 11.6 Å². The third-order valence-corrected chi connectivity index (χ3v) is 6.35. The zero-order valence-corrected chi connectivity index (χ0v) is 16.0. The number of rotatable bonds is 6. The van der Waals surface area contributed by atoms with Gasteiger partial charge in [0.25, 0.3) is 0 Å². The summed E-state index contributed by atoms with van der Waals surface area (Å²) in [6.07, 6.45) is 1.72. The fraction of sp³-hybridized carbons (Fsp3) is 0.533. The van der Waals surface area contributed by atoms with Crippen LogP contribution in [0.4, 0.5) is 0 Å². The second kappa shape index (κ2) is 7.27. The van der Waals surface area contributed by atoms with Crippen molar-refractivity contribution < 1.29 is 0 Å². The highest BCUT2D eigenvalue weighted by atomic mass is 79.9. The van der Waals surface area contributed by atoms with Gasteiger partial charge in [-0.25, -0.2) is 0 Å². The van der Waals surface area contributed by atoms with Gasteiger partial charge in [-0.15, -0.1) is 11.3 Å². The SMILES string of the molecule is CCc1nn(CC)c(CC(NC)c2cc(C)c(Br)s2)c1Cl. The van der Waals surface area contributed by atoms with Gasteiger partial charge in [0.05, 0.1) is 20.2 Å². The number of hydrogen-bond donors (Lipinski definition) is 1. The highest BCUT2D eigenvalue weighted by Crippen LogP contribution is 2.34. The molecule has 0 amide bonds. The number of halogens is 2. The van der Waals surface area contributed by atoms with Gasteiger partial charge in [-0.05, 0) is 54.9 Å². The van der Waals surface area contributed by atoms with Crippen LogP contribution in [0.5, 0.6) is 0 Å². The first-order chi connectivity index (χ1) is 10.0. The Bertz CT molecular complexity index is 601. The molecule has 0 fully saturated rings. The van der Waals surface area contributed by atoms with E-state index in [-0.39, 0.29) is 6.04 Å². The molecule has 1 atom stereocenters. The Labute approximate surface area is 143 Å². The van der Waals surface area contributed by atoms with Crippen LogP contribution in [-0.2, 0) is 19.4 Å². The number of nitrogens with zero attached hydrogens (tertiary/aromatic N) is 2. The van der Waals surface area contributed by atoms with Crippen molar-refractivity contribution in [2.45, 2.75) is 46.2 Å². The highest BCUT2D eigenvalue weighted by Gasteiger charge is 2.20. The van der Waals surface area contributed by atoms with E-state index in [9.17, 15) is 0 Å². The van der Waals surface area contributed by atoms with Crippen LogP contribution in [-0.4, -0.2) is 16.8 Å². The molecule has 1 unspecified atom stereocenters. The first-order valence-electron chi connectivity index (χ1n) is 7.18. The van der Waals surface area contributed by atoms with Crippen molar-refractivity contribution in [2.24, 2.45) is 0 Å². The Kier molecular flexibility index (Phi) is 5.88. The second-order valence-corrected chi connectivity index (χ2v) is 7.81. The van der Waals surface area contributed by atoms with Gasteiger partial charge in [0.15, 0.2) is 0 Å². The first-order valence-corrected chi connectivity index (χ1v) is 9.17. The summed E-state index contributed by atoms with van der Waals surface area (Å²) in [5, 5.41) is 8.83.